The largest absolute Gasteiger partial charge is 0.302 e. The molecule has 170 valence electrons. The molecule has 3 nitrogen and oxygen atoms in total. The number of nitrogens with one attached hydrogen (secondary N) is 1. The number of fused-ring (bicyclic) bond motifs is 2. The molecule has 0 radical (unpaired) electrons. The summed E-state index contributed by atoms with van der Waals surface area (Å²) in [6, 6.07) is 29.2. The van der Waals surface area contributed by atoms with Gasteiger partial charge in [0.1, 0.15) is 0 Å². The van der Waals surface area contributed by atoms with Crippen LogP contribution in [-0.4, -0.2) is 30.6 Å². The Bertz CT molecular complexity index is 1220. The summed E-state index contributed by atoms with van der Waals surface area (Å²) < 4.78 is 15.4. The van der Waals surface area contributed by atoms with Gasteiger partial charge in [0.15, 0.2) is 0 Å². The molecule has 33 heavy (non-hydrogen) atoms. The highest BCUT2D eigenvalue weighted by molar-refractivity contribution is 7.77. The number of rotatable bonds is 7. The van der Waals surface area contributed by atoms with Crippen molar-refractivity contribution in [2.45, 2.75) is 32.7 Å². The van der Waals surface area contributed by atoms with E-state index >= 15 is 4.57 Å². The van der Waals surface area contributed by atoms with Gasteiger partial charge in [-0.1, -0.05) is 86.6 Å². The smallest absolute Gasteiger partial charge is 0.206 e. The molecule has 1 atom stereocenters. The SMILES string of the molecule is CC(C)[C@@H](CN1CCCC1)NP(=O)(c1cccc2ccccc12)c1cccc2ccccc12. The first-order valence-electron chi connectivity index (χ1n) is 12.1. The van der Waals surface area contributed by atoms with Gasteiger partial charge in [0, 0.05) is 23.2 Å². The van der Waals surface area contributed by atoms with Crippen LogP contribution in [0.1, 0.15) is 26.7 Å². The highest BCUT2D eigenvalue weighted by atomic mass is 31.2. The van der Waals surface area contributed by atoms with Gasteiger partial charge in [-0.15, -0.1) is 0 Å². The molecule has 0 aromatic heterocycles. The molecule has 0 amide bonds. The van der Waals surface area contributed by atoms with Crippen LogP contribution in [0.4, 0.5) is 0 Å². The van der Waals surface area contributed by atoms with Gasteiger partial charge in [-0.2, -0.15) is 0 Å². The van der Waals surface area contributed by atoms with Crippen LogP contribution in [-0.2, 0) is 4.57 Å². The molecule has 1 heterocycles. The van der Waals surface area contributed by atoms with Gasteiger partial charge in [0.05, 0.1) is 0 Å². The second-order valence-corrected chi connectivity index (χ2v) is 12.0. The molecule has 0 bridgehead atoms. The number of nitrogens with zero attached hydrogens (tertiary/aromatic N) is 1. The summed E-state index contributed by atoms with van der Waals surface area (Å²) >= 11 is 0. The minimum absolute atomic E-state index is 0.131. The van der Waals surface area contributed by atoms with E-state index in [-0.39, 0.29) is 6.04 Å². The molecule has 4 aromatic carbocycles. The van der Waals surface area contributed by atoms with Crippen LogP contribution < -0.4 is 15.7 Å². The lowest BCUT2D eigenvalue weighted by Crippen LogP contribution is -2.45. The highest BCUT2D eigenvalue weighted by Crippen LogP contribution is 2.44. The van der Waals surface area contributed by atoms with Crippen molar-refractivity contribution >= 4 is 39.4 Å². The summed E-state index contributed by atoms with van der Waals surface area (Å²) in [6.45, 7) is 7.68. The van der Waals surface area contributed by atoms with Gasteiger partial charge in [-0.3, -0.25) is 9.65 Å². The number of hydrogen-bond acceptors (Lipinski definition) is 2. The molecule has 1 N–H and O–H groups in total. The molecule has 0 unspecified atom stereocenters. The summed E-state index contributed by atoms with van der Waals surface area (Å²) in [6.07, 6.45) is 2.52. The van der Waals surface area contributed by atoms with Crippen LogP contribution in [0, 0.1) is 5.92 Å². The molecule has 1 aliphatic heterocycles. The molecule has 1 saturated heterocycles. The van der Waals surface area contributed by atoms with Crippen molar-refractivity contribution in [2.24, 2.45) is 5.92 Å². The molecule has 1 fully saturated rings. The predicted octanol–water partition coefficient (Wildman–Crippen LogP) is 5.93. The van der Waals surface area contributed by atoms with E-state index in [0.29, 0.717) is 5.92 Å². The van der Waals surface area contributed by atoms with Gasteiger partial charge in [-0.25, -0.2) is 0 Å². The normalized spacial score (nSPS) is 16.1. The average molecular weight is 457 g/mol. The van der Waals surface area contributed by atoms with Crippen molar-refractivity contribution in [3.05, 3.63) is 84.9 Å². The van der Waals surface area contributed by atoms with Gasteiger partial charge >= 0.3 is 0 Å². The first kappa shape index (κ1) is 22.3. The van der Waals surface area contributed by atoms with Crippen molar-refractivity contribution in [3.63, 3.8) is 0 Å². The van der Waals surface area contributed by atoms with Crippen LogP contribution >= 0.6 is 7.29 Å². The molecule has 0 aliphatic carbocycles. The van der Waals surface area contributed by atoms with Crippen LogP contribution in [0.2, 0.25) is 0 Å². The zero-order chi connectivity index (χ0) is 22.8. The fourth-order valence-electron chi connectivity index (χ4n) is 5.11. The van der Waals surface area contributed by atoms with Crippen molar-refractivity contribution in [1.29, 1.82) is 0 Å². The molecular formula is C29H33N2OP. The summed E-state index contributed by atoms with van der Waals surface area (Å²) in [7, 11) is -3.16. The third kappa shape index (κ3) is 4.38. The Kier molecular flexibility index (Phi) is 6.38. The third-order valence-corrected chi connectivity index (χ3v) is 9.85. The Hall–Kier alpha value is -2.45. The summed E-state index contributed by atoms with van der Waals surface area (Å²) in [5, 5.41) is 9.97. The molecule has 4 heteroatoms. The third-order valence-electron chi connectivity index (χ3n) is 7.02. The Morgan fingerprint density at radius 2 is 1.24 bits per heavy atom. The Labute approximate surface area is 197 Å². The molecular weight excluding hydrogens is 423 g/mol. The summed E-state index contributed by atoms with van der Waals surface area (Å²) in [5.74, 6) is 0.365. The average Bonchev–Trinajstić information content (AvgIpc) is 3.36. The fraction of sp³-hybridized carbons (Fsp3) is 0.310. The molecule has 5 rings (SSSR count). The predicted molar refractivity (Wildman–Crippen MR) is 142 cm³/mol. The second-order valence-electron chi connectivity index (χ2n) is 9.59. The maximum absolute atomic E-state index is 15.4. The van der Waals surface area contributed by atoms with E-state index in [2.05, 4.69) is 72.4 Å². The Morgan fingerprint density at radius 3 is 1.76 bits per heavy atom. The standard InChI is InChI=1S/C29H33N2OP/c1-22(2)27(21-31-19-7-8-20-31)30-33(32,28-17-9-13-23-11-3-5-15-25(23)28)29-18-10-14-24-12-4-6-16-26(24)29/h3-6,9-18,22,27H,7-8,19-21H2,1-2H3,(H,30,32)/t27-/m1/s1. The van der Waals surface area contributed by atoms with E-state index in [1.54, 1.807) is 0 Å². The van der Waals surface area contributed by atoms with Crippen LogP contribution in [0.5, 0.6) is 0 Å². The van der Waals surface area contributed by atoms with Gasteiger partial charge in [-0.05, 0) is 65.5 Å². The molecule has 0 saturated carbocycles. The number of benzene rings is 4. The quantitative estimate of drug-likeness (QED) is 0.350. The maximum Gasteiger partial charge on any atom is 0.206 e. The van der Waals surface area contributed by atoms with Crippen molar-refractivity contribution in [1.82, 2.24) is 9.99 Å². The number of hydrogen-bond donors (Lipinski definition) is 1. The second kappa shape index (κ2) is 9.43. The van der Waals surface area contributed by atoms with Gasteiger partial charge < -0.3 is 4.90 Å². The van der Waals surface area contributed by atoms with E-state index in [1.165, 1.54) is 12.8 Å². The highest BCUT2D eigenvalue weighted by Gasteiger charge is 2.35. The topological polar surface area (TPSA) is 32.3 Å². The molecule has 4 aromatic rings. The van der Waals surface area contributed by atoms with Crippen LogP contribution in [0.25, 0.3) is 21.5 Å². The zero-order valence-corrected chi connectivity index (χ0v) is 20.5. The lowest BCUT2D eigenvalue weighted by atomic mass is 10.1. The minimum Gasteiger partial charge on any atom is -0.302 e. The molecule has 1 aliphatic rings. The van der Waals surface area contributed by atoms with E-state index in [1.807, 2.05) is 36.4 Å². The Balaban J connectivity index is 1.70. The molecule has 0 spiro atoms. The zero-order valence-electron chi connectivity index (χ0n) is 19.6. The lowest BCUT2D eigenvalue weighted by Gasteiger charge is -2.33. The van der Waals surface area contributed by atoms with E-state index in [4.69, 9.17) is 0 Å². The fourth-order valence-corrected chi connectivity index (χ4v) is 8.17. The van der Waals surface area contributed by atoms with Crippen LogP contribution in [0.15, 0.2) is 84.9 Å². The Morgan fingerprint density at radius 1 is 0.758 bits per heavy atom. The first-order valence-corrected chi connectivity index (χ1v) is 13.8. The van der Waals surface area contributed by atoms with Crippen LogP contribution in [0.3, 0.4) is 0 Å². The van der Waals surface area contributed by atoms with E-state index in [9.17, 15) is 0 Å². The van der Waals surface area contributed by atoms with Crippen molar-refractivity contribution in [3.8, 4) is 0 Å². The first-order chi connectivity index (χ1) is 16.1. The van der Waals surface area contributed by atoms with Crippen molar-refractivity contribution in [2.75, 3.05) is 19.6 Å². The summed E-state index contributed by atoms with van der Waals surface area (Å²) in [4.78, 5) is 2.52. The lowest BCUT2D eigenvalue weighted by molar-refractivity contribution is 0.274. The van der Waals surface area contributed by atoms with Crippen molar-refractivity contribution < 1.29 is 4.57 Å². The summed E-state index contributed by atoms with van der Waals surface area (Å²) in [5.41, 5.74) is 0. The van der Waals surface area contributed by atoms with E-state index in [0.717, 1.165) is 51.8 Å². The van der Waals surface area contributed by atoms with Gasteiger partial charge in [0.25, 0.3) is 0 Å². The monoisotopic (exact) mass is 456 g/mol. The number of likely N-dealkylation sites (tertiary alicyclic amines) is 1. The minimum atomic E-state index is -3.16. The van der Waals surface area contributed by atoms with Gasteiger partial charge in [0.2, 0.25) is 7.29 Å². The van der Waals surface area contributed by atoms with E-state index < -0.39 is 7.29 Å². The maximum atomic E-state index is 15.4.